The van der Waals surface area contributed by atoms with Gasteiger partial charge in [-0.3, -0.25) is 9.59 Å². The zero-order valence-electron chi connectivity index (χ0n) is 67.6. The van der Waals surface area contributed by atoms with Gasteiger partial charge in [0.2, 0.25) is 11.8 Å². The third kappa shape index (κ3) is 28.4. The zero-order valence-corrected chi connectivity index (χ0v) is 67.6. The van der Waals surface area contributed by atoms with Gasteiger partial charge in [-0.25, -0.2) is 0 Å². The highest BCUT2D eigenvalue weighted by atomic mass is 16.8. The Morgan fingerprint density at radius 3 is 1.21 bits per heavy atom. The summed E-state index contributed by atoms with van der Waals surface area (Å²) in [7, 11) is 0. The van der Waals surface area contributed by atoms with E-state index in [2.05, 4.69) is 24.5 Å². The molecule has 7 saturated heterocycles. The second-order valence-corrected chi connectivity index (χ2v) is 32.0. The fourth-order valence-electron chi connectivity index (χ4n) is 15.7. The van der Waals surface area contributed by atoms with Gasteiger partial charge < -0.3 is 179 Å². The number of hydrogen-bond acceptors (Lipinski definition) is 36. The lowest BCUT2D eigenvalue weighted by Crippen LogP contribution is -2.72. The van der Waals surface area contributed by atoms with E-state index < -0.39 is 273 Å². The smallest absolute Gasteiger partial charge is 0.220 e. The quantitative estimate of drug-likeness (QED) is 0.0208. The Morgan fingerprint density at radius 1 is 0.353 bits per heavy atom. The van der Waals surface area contributed by atoms with Crippen LogP contribution in [-0.2, 0) is 75.9 Å². The van der Waals surface area contributed by atoms with Crippen LogP contribution in [0.3, 0.4) is 0 Å². The van der Waals surface area contributed by atoms with Crippen LogP contribution in [0.15, 0.2) is 12.2 Å². The minimum atomic E-state index is -2.31. The van der Waals surface area contributed by atoms with Crippen molar-refractivity contribution in [2.24, 2.45) is 0 Å². The Labute approximate surface area is 678 Å². The third-order valence-electron chi connectivity index (χ3n) is 22.9. The van der Waals surface area contributed by atoms with Gasteiger partial charge in [-0.05, 0) is 33.1 Å². The average Bonchev–Trinajstić information content (AvgIpc) is 0.759. The first-order valence-corrected chi connectivity index (χ1v) is 42.2. The van der Waals surface area contributed by atoms with E-state index in [9.17, 15) is 112 Å². The normalized spacial score (nSPS) is 40.4. The Morgan fingerprint density at radius 2 is 0.716 bits per heavy atom. The minimum absolute atomic E-state index is 0.154. The first-order chi connectivity index (χ1) is 55.6. The van der Waals surface area contributed by atoms with E-state index in [0.717, 1.165) is 58.3 Å². The maximum absolute atomic E-state index is 13.6. The predicted molar refractivity (Wildman–Crippen MR) is 403 cm³/mol. The number of carbonyl (C=O) groups excluding carboxylic acids is 2. The van der Waals surface area contributed by atoms with E-state index in [1.165, 1.54) is 110 Å². The molecule has 0 aromatic rings. The molecule has 2 amide bonds. The lowest BCUT2D eigenvalue weighted by molar-refractivity contribution is -0.411. The second-order valence-electron chi connectivity index (χ2n) is 32.0. The molecule has 37 atom stereocenters. The molecule has 0 radical (unpaired) electrons. The summed E-state index contributed by atoms with van der Waals surface area (Å²) < 4.78 is 85.2. The van der Waals surface area contributed by atoms with E-state index in [4.69, 9.17) is 66.3 Å². The third-order valence-corrected chi connectivity index (χ3v) is 22.9. The number of allylic oxidation sites excluding steroid dienone is 1. The van der Waals surface area contributed by atoms with Gasteiger partial charge in [0.25, 0.3) is 0 Å². The van der Waals surface area contributed by atoms with Crippen molar-refractivity contribution in [3.8, 4) is 0 Å². The van der Waals surface area contributed by atoms with Crippen molar-refractivity contribution < 1.29 is 178 Å². The van der Waals surface area contributed by atoms with Crippen molar-refractivity contribution >= 4 is 11.8 Å². The molecular formula is C78H140N2O36. The lowest BCUT2D eigenvalue weighted by atomic mass is 9.93. The predicted octanol–water partition coefficient (Wildman–Crippen LogP) is -3.47. The molecule has 0 aromatic carbocycles. The van der Waals surface area contributed by atoms with Crippen molar-refractivity contribution in [2.45, 2.75) is 429 Å². The number of nitrogens with one attached hydrogen (secondary N) is 2. The molecule has 0 aromatic heterocycles. The van der Waals surface area contributed by atoms with Crippen LogP contribution >= 0.6 is 0 Å². The molecule has 7 rings (SSSR count). The van der Waals surface area contributed by atoms with E-state index >= 15 is 0 Å². The molecule has 0 aliphatic carbocycles. The van der Waals surface area contributed by atoms with Crippen molar-refractivity contribution in [1.82, 2.24) is 10.6 Å². The molecule has 0 saturated carbocycles. The van der Waals surface area contributed by atoms with E-state index in [1.807, 2.05) is 6.08 Å². The number of aliphatic hydroxyl groups is 20. The molecule has 7 aliphatic heterocycles. The summed E-state index contributed by atoms with van der Waals surface area (Å²) in [5.74, 6) is -1.32. The molecule has 14 unspecified atom stereocenters. The molecule has 7 aliphatic rings. The maximum atomic E-state index is 13.6. The number of aliphatic hydroxyl groups excluding tert-OH is 20. The first kappa shape index (κ1) is 100. The number of unbranched alkanes of at least 4 members (excludes halogenated alkanes) is 23. The highest BCUT2D eigenvalue weighted by Crippen LogP contribution is 2.40. The van der Waals surface area contributed by atoms with E-state index in [1.54, 1.807) is 6.08 Å². The number of carbonyl (C=O) groups is 2. The highest BCUT2D eigenvalue weighted by Gasteiger charge is 2.61. The van der Waals surface area contributed by atoms with Crippen molar-refractivity contribution in [3.05, 3.63) is 12.2 Å². The van der Waals surface area contributed by atoms with Crippen LogP contribution in [0.5, 0.6) is 0 Å². The van der Waals surface area contributed by atoms with Crippen LogP contribution in [0, 0.1) is 0 Å². The Hall–Kier alpha value is -2.68. The van der Waals surface area contributed by atoms with Crippen LogP contribution in [0.2, 0.25) is 0 Å². The summed E-state index contributed by atoms with van der Waals surface area (Å²) in [5.41, 5.74) is 0. The van der Waals surface area contributed by atoms with E-state index in [-0.39, 0.29) is 12.3 Å². The topological polar surface area (TPSA) is 592 Å². The van der Waals surface area contributed by atoms with Gasteiger partial charge in [-0.15, -0.1) is 0 Å². The van der Waals surface area contributed by atoms with Crippen molar-refractivity contribution in [3.63, 3.8) is 0 Å². The number of amides is 2. The van der Waals surface area contributed by atoms with Gasteiger partial charge in [0, 0.05) is 13.3 Å². The molecule has 7 heterocycles. The fourth-order valence-corrected chi connectivity index (χ4v) is 15.7. The molecule has 22 N–H and O–H groups in total. The number of ether oxygens (including phenoxy) is 14. The summed E-state index contributed by atoms with van der Waals surface area (Å²) in [6.45, 7) is 2.10. The van der Waals surface area contributed by atoms with Crippen LogP contribution in [0.25, 0.3) is 0 Å². The number of hydrogen-bond donors (Lipinski definition) is 22. The van der Waals surface area contributed by atoms with Crippen LogP contribution in [-0.4, -0.2) is 381 Å². The molecule has 678 valence electrons. The number of rotatable bonds is 50. The second kappa shape index (κ2) is 51.5. The highest BCUT2D eigenvalue weighted by molar-refractivity contribution is 5.76. The van der Waals surface area contributed by atoms with Crippen LogP contribution < -0.4 is 10.6 Å². The van der Waals surface area contributed by atoms with E-state index in [0.29, 0.717) is 12.8 Å². The van der Waals surface area contributed by atoms with Gasteiger partial charge in [0.1, 0.15) is 159 Å². The molecule has 38 nitrogen and oxygen atoms in total. The van der Waals surface area contributed by atoms with Gasteiger partial charge in [0.05, 0.1) is 64.0 Å². The van der Waals surface area contributed by atoms with Crippen molar-refractivity contribution in [1.29, 1.82) is 0 Å². The molecule has 38 heteroatoms. The Kier molecular flexibility index (Phi) is 44.6. The fraction of sp³-hybridized carbons (Fsp3) is 0.949. The van der Waals surface area contributed by atoms with Gasteiger partial charge in [-0.1, -0.05) is 167 Å². The Balaban J connectivity index is 1.11. The molecule has 0 bridgehead atoms. The van der Waals surface area contributed by atoms with Gasteiger partial charge in [0.15, 0.2) is 44.0 Å². The summed E-state index contributed by atoms with van der Waals surface area (Å²) in [6.07, 6.45) is -37.4. The zero-order chi connectivity index (χ0) is 84.9. The maximum Gasteiger partial charge on any atom is 0.220 e. The molecule has 7 fully saturated rings. The summed E-state index contributed by atoms with van der Waals surface area (Å²) in [5, 5.41) is 230. The van der Waals surface area contributed by atoms with Crippen LogP contribution in [0.1, 0.15) is 202 Å². The standard InChI is InChI=1S/C78H140N2O36/c1-6-8-10-12-14-16-18-20-22-24-26-28-30-32-44(87)43(80-50(88)33-31-29-27-25-23-21-19-17-15-13-11-9-7-2)39-103-73-64(101)60(97)66(48(37-84)110-73)111-77-65(102)69(55(92)46(35-82)107-77)114-72-51(79-42(5)86)68(113-74-61(98)57(94)52(89)40(3)104-74)67(49(38-85)109-72)112-78-71(116-75-62(99)58(95)53(90)41(4)105-75)70(56(93)47(36-83)108-78)115-76-63(100)59(96)54(91)45(34-81)106-76/h30,32,40-41,43-49,51-78,81-85,87,89-102H,6-29,31,33-39H2,1-5H3,(H,79,86)(H,80,88)/b32-30+/t40?,41?,43-,44+,45?,46?,47?,48?,49?,51?,52+,53+,54-,55-,56-,57?,58?,59-,60+,61-,62-,63?,64?,65?,66+,67+,68+,69-,70-,71?,72-,73+,74+,75+,76+,77-,78-/m0/s1. The molecule has 0 spiro atoms. The largest absolute Gasteiger partial charge is 0.394 e. The summed E-state index contributed by atoms with van der Waals surface area (Å²) in [4.78, 5) is 27.2. The van der Waals surface area contributed by atoms with Crippen molar-refractivity contribution in [2.75, 3.05) is 39.6 Å². The minimum Gasteiger partial charge on any atom is -0.394 e. The van der Waals surface area contributed by atoms with Crippen LogP contribution in [0.4, 0.5) is 0 Å². The monoisotopic (exact) mass is 1680 g/mol. The van der Waals surface area contributed by atoms with Gasteiger partial charge in [-0.2, -0.15) is 0 Å². The Bertz CT molecular complexity index is 2730. The van der Waals surface area contributed by atoms with Gasteiger partial charge >= 0.3 is 0 Å². The first-order valence-electron chi connectivity index (χ1n) is 42.2. The lowest BCUT2D eigenvalue weighted by Gasteiger charge is -2.53. The molecule has 116 heavy (non-hydrogen) atoms. The molecular weight excluding hydrogens is 1540 g/mol. The SMILES string of the molecule is CCCCCCCCCCCCC/C=C/[C@@H](O)[C@H](CO[C@@H]1OC(CO)[C@@H](O[C@@H]2OC(CO)[C@H](O)[C@H](O[C@@H]3OC(CO)[C@@H](O[C@@H]4OC(CO)[C@H](O)[C@H](O[C@H]5OC(CO)[C@H](O)[C@H](O)C5O)C4O[C@H]4OC(C)[C@@H](O)C(O)[C@@H]4O)[C@H](O[C@H]4OC(C)[C@@H](O)C(O)[C@@H]4O)C3NC(C)=O)C2O)[C@H](O)C1O)NC(=O)CCCCCCCCCCCCCCC. The summed E-state index contributed by atoms with van der Waals surface area (Å²) >= 11 is 0. The average molecular weight is 1680 g/mol. The summed E-state index contributed by atoms with van der Waals surface area (Å²) in [6, 6.07) is -3.09.